The molecular weight excluding hydrogens is 538 g/mol. The van der Waals surface area contributed by atoms with Gasteiger partial charge in [-0.1, -0.05) is 35.1 Å². The second-order valence-corrected chi connectivity index (χ2v) is 12.6. The summed E-state index contributed by atoms with van der Waals surface area (Å²) in [5, 5.41) is 9.98. The quantitative estimate of drug-likeness (QED) is 0.401. The zero-order valence-corrected chi connectivity index (χ0v) is 21.5. The van der Waals surface area contributed by atoms with Crippen LogP contribution >= 0.6 is 22.9 Å². The topological polar surface area (TPSA) is 148 Å². The van der Waals surface area contributed by atoms with Crippen molar-refractivity contribution < 1.29 is 26.4 Å². The number of nitrogens with zero attached hydrogens (tertiary/aromatic N) is 3. The van der Waals surface area contributed by atoms with Crippen molar-refractivity contribution in [2.24, 2.45) is 0 Å². The van der Waals surface area contributed by atoms with Crippen LogP contribution in [0.4, 0.5) is 10.8 Å². The van der Waals surface area contributed by atoms with E-state index in [0.717, 1.165) is 12.8 Å². The van der Waals surface area contributed by atoms with Crippen LogP contribution < -0.4 is 14.8 Å². The largest absolute Gasteiger partial charge is 0.495 e. The lowest BCUT2D eigenvalue weighted by Gasteiger charge is -2.17. The summed E-state index contributed by atoms with van der Waals surface area (Å²) in [6, 6.07) is 10.3. The van der Waals surface area contributed by atoms with E-state index in [4.69, 9.17) is 16.3 Å². The maximum absolute atomic E-state index is 13.0. The van der Waals surface area contributed by atoms with Crippen LogP contribution in [0.3, 0.4) is 0 Å². The van der Waals surface area contributed by atoms with Crippen LogP contribution in [0.25, 0.3) is 0 Å². The SMILES string of the molecule is COc1ccc(S(=O)(=O)N2CCCC2)cc1NS(=O)(=O)c1nnc(NC(=O)c2ccccc2Cl)s1. The van der Waals surface area contributed by atoms with E-state index in [2.05, 4.69) is 20.2 Å². The van der Waals surface area contributed by atoms with Gasteiger partial charge in [0.05, 0.1) is 28.3 Å². The molecule has 2 aromatic carbocycles. The Balaban J connectivity index is 1.57. The number of amides is 1. The normalized spacial score (nSPS) is 14.6. The molecule has 1 aliphatic rings. The minimum Gasteiger partial charge on any atom is -0.495 e. The van der Waals surface area contributed by atoms with Gasteiger partial charge in [0, 0.05) is 13.1 Å². The fourth-order valence-electron chi connectivity index (χ4n) is 3.37. The summed E-state index contributed by atoms with van der Waals surface area (Å²) in [4.78, 5) is 12.3. The van der Waals surface area contributed by atoms with E-state index in [-0.39, 0.29) is 32.1 Å². The summed E-state index contributed by atoms with van der Waals surface area (Å²) in [6.45, 7) is 0.811. The van der Waals surface area contributed by atoms with Crippen LogP contribution in [0.15, 0.2) is 51.7 Å². The molecule has 0 atom stereocenters. The Morgan fingerprint density at radius 2 is 1.80 bits per heavy atom. The number of sulfonamides is 2. The average molecular weight is 558 g/mol. The number of ether oxygens (including phenoxy) is 1. The van der Waals surface area contributed by atoms with Gasteiger partial charge in [-0.2, -0.15) is 12.7 Å². The van der Waals surface area contributed by atoms with Crippen molar-refractivity contribution in [1.29, 1.82) is 0 Å². The fraction of sp³-hybridized carbons (Fsp3) is 0.250. The Labute approximate surface area is 211 Å². The molecule has 1 fully saturated rings. The van der Waals surface area contributed by atoms with Crippen LogP contribution in [-0.4, -0.2) is 57.4 Å². The zero-order chi connectivity index (χ0) is 25.2. The van der Waals surface area contributed by atoms with E-state index in [1.807, 2.05) is 0 Å². The van der Waals surface area contributed by atoms with Gasteiger partial charge in [0.1, 0.15) is 5.75 Å². The second-order valence-electron chi connectivity index (χ2n) is 7.39. The lowest BCUT2D eigenvalue weighted by molar-refractivity contribution is 0.102. The van der Waals surface area contributed by atoms with Gasteiger partial charge in [-0.05, 0) is 43.2 Å². The van der Waals surface area contributed by atoms with Crippen molar-refractivity contribution in [2.75, 3.05) is 30.2 Å². The third-order valence-corrected chi connectivity index (χ3v) is 9.89. The predicted octanol–water partition coefficient (Wildman–Crippen LogP) is 3.04. The number of hydrogen-bond donors (Lipinski definition) is 2. The van der Waals surface area contributed by atoms with E-state index >= 15 is 0 Å². The number of halogens is 1. The average Bonchev–Trinajstić information content (AvgIpc) is 3.52. The highest BCUT2D eigenvalue weighted by atomic mass is 35.5. The Morgan fingerprint density at radius 3 is 2.49 bits per heavy atom. The number of anilines is 2. The zero-order valence-electron chi connectivity index (χ0n) is 18.3. The smallest absolute Gasteiger partial charge is 0.291 e. The van der Waals surface area contributed by atoms with E-state index in [1.165, 1.54) is 35.7 Å². The Morgan fingerprint density at radius 1 is 1.09 bits per heavy atom. The van der Waals surface area contributed by atoms with E-state index in [9.17, 15) is 21.6 Å². The summed E-state index contributed by atoms with van der Waals surface area (Å²) >= 11 is 6.63. The molecule has 0 radical (unpaired) electrons. The Hall–Kier alpha value is -2.78. The molecule has 0 bridgehead atoms. The first kappa shape index (κ1) is 25.3. The summed E-state index contributed by atoms with van der Waals surface area (Å²) < 4.78 is 60.1. The first-order chi connectivity index (χ1) is 16.6. The Bertz CT molecular complexity index is 1470. The summed E-state index contributed by atoms with van der Waals surface area (Å²) in [6.07, 6.45) is 1.53. The number of hydrogen-bond acceptors (Lipinski definition) is 9. The molecule has 3 aromatic rings. The Kier molecular flexibility index (Phi) is 7.28. The molecule has 11 nitrogen and oxygen atoms in total. The van der Waals surface area contributed by atoms with Crippen molar-refractivity contribution in [1.82, 2.24) is 14.5 Å². The molecule has 186 valence electrons. The first-order valence-electron chi connectivity index (χ1n) is 10.2. The number of methoxy groups -OCH3 is 1. The molecule has 1 aromatic heterocycles. The van der Waals surface area contributed by atoms with Crippen LogP contribution in [0.5, 0.6) is 5.75 Å². The standard InChI is InChI=1S/C20H20ClN5O6S3/c1-32-17-9-8-13(35(30,31)26-10-4-5-11-26)12-16(17)25-34(28,29)20-24-23-19(33-20)22-18(27)14-6-2-3-7-15(14)21/h2-3,6-9,12,25H,4-5,10-11H2,1H3,(H,22,23,27). The van der Waals surface area contributed by atoms with E-state index in [0.29, 0.717) is 24.4 Å². The van der Waals surface area contributed by atoms with Crippen molar-refractivity contribution in [3.8, 4) is 5.75 Å². The van der Waals surface area contributed by atoms with E-state index in [1.54, 1.807) is 18.2 Å². The molecular formula is C20H20ClN5O6S3. The number of carbonyl (C=O) groups is 1. The molecule has 1 amide bonds. The molecule has 2 heterocycles. The molecule has 1 saturated heterocycles. The van der Waals surface area contributed by atoms with Gasteiger partial charge in [0.15, 0.2) is 0 Å². The van der Waals surface area contributed by atoms with Crippen molar-refractivity contribution in [2.45, 2.75) is 22.1 Å². The number of rotatable bonds is 8. The van der Waals surface area contributed by atoms with Crippen LogP contribution in [0.2, 0.25) is 5.02 Å². The minimum atomic E-state index is -4.29. The minimum absolute atomic E-state index is 0.0624. The number of nitrogens with one attached hydrogen (secondary N) is 2. The summed E-state index contributed by atoms with van der Waals surface area (Å²) in [5.41, 5.74) is 0.109. The lowest BCUT2D eigenvalue weighted by Crippen LogP contribution is -2.28. The lowest BCUT2D eigenvalue weighted by atomic mass is 10.2. The molecule has 0 unspecified atom stereocenters. The van der Waals surface area contributed by atoms with Crippen molar-refractivity contribution in [3.05, 3.63) is 53.1 Å². The number of benzene rings is 2. The van der Waals surface area contributed by atoms with Crippen molar-refractivity contribution in [3.63, 3.8) is 0 Å². The third-order valence-electron chi connectivity index (χ3n) is 5.09. The highest BCUT2D eigenvalue weighted by Gasteiger charge is 2.29. The molecule has 15 heteroatoms. The van der Waals surface area contributed by atoms with Crippen molar-refractivity contribution >= 4 is 59.7 Å². The summed E-state index contributed by atoms with van der Waals surface area (Å²) in [5.74, 6) is -0.462. The third kappa shape index (κ3) is 5.41. The predicted molar refractivity (Wildman–Crippen MR) is 131 cm³/mol. The monoisotopic (exact) mass is 557 g/mol. The fourth-order valence-corrected chi connectivity index (χ4v) is 7.10. The molecule has 35 heavy (non-hydrogen) atoms. The molecule has 4 rings (SSSR count). The van der Waals surface area contributed by atoms with Crippen LogP contribution in [0, 0.1) is 0 Å². The molecule has 0 saturated carbocycles. The van der Waals surface area contributed by atoms with Gasteiger partial charge in [0.2, 0.25) is 15.2 Å². The maximum Gasteiger partial charge on any atom is 0.291 e. The first-order valence-corrected chi connectivity index (χ1v) is 14.3. The second kappa shape index (κ2) is 10.1. The maximum atomic E-state index is 13.0. The van der Waals surface area contributed by atoms with Crippen LogP contribution in [0.1, 0.15) is 23.2 Å². The van der Waals surface area contributed by atoms with Crippen LogP contribution in [-0.2, 0) is 20.0 Å². The van der Waals surface area contributed by atoms with Gasteiger partial charge in [-0.25, -0.2) is 8.42 Å². The van der Waals surface area contributed by atoms with Gasteiger partial charge < -0.3 is 4.74 Å². The van der Waals surface area contributed by atoms with Gasteiger partial charge >= 0.3 is 0 Å². The number of carbonyl (C=O) groups excluding carboxylic acids is 1. The highest BCUT2D eigenvalue weighted by molar-refractivity contribution is 7.94. The van der Waals surface area contributed by atoms with Gasteiger partial charge in [-0.15, -0.1) is 10.2 Å². The highest BCUT2D eigenvalue weighted by Crippen LogP contribution is 2.32. The van der Waals surface area contributed by atoms with E-state index < -0.39 is 30.3 Å². The molecule has 2 N–H and O–H groups in total. The van der Waals surface area contributed by atoms with Gasteiger partial charge in [-0.3, -0.25) is 14.8 Å². The van der Waals surface area contributed by atoms with Gasteiger partial charge in [0.25, 0.3) is 20.3 Å². The molecule has 0 aliphatic carbocycles. The molecule has 0 spiro atoms. The number of aromatic nitrogens is 2. The molecule has 1 aliphatic heterocycles. The summed E-state index contributed by atoms with van der Waals surface area (Å²) in [7, 11) is -6.74.